The van der Waals surface area contributed by atoms with Gasteiger partial charge in [0.25, 0.3) is 0 Å². The van der Waals surface area contributed by atoms with Crippen molar-refractivity contribution in [3.63, 3.8) is 0 Å². The average molecular weight is 277 g/mol. The van der Waals surface area contributed by atoms with Crippen molar-refractivity contribution >= 4 is 5.69 Å². The summed E-state index contributed by atoms with van der Waals surface area (Å²) < 4.78 is 32.1. The monoisotopic (exact) mass is 277 g/mol. The predicted octanol–water partition coefficient (Wildman–Crippen LogP) is 4.45. The molecule has 106 valence electrons. The summed E-state index contributed by atoms with van der Waals surface area (Å²) in [4.78, 5) is 0. The van der Waals surface area contributed by atoms with Gasteiger partial charge in [-0.3, -0.25) is 0 Å². The van der Waals surface area contributed by atoms with E-state index in [1.54, 1.807) is 7.11 Å². The van der Waals surface area contributed by atoms with Crippen molar-refractivity contribution in [2.24, 2.45) is 0 Å². The molecule has 0 aliphatic heterocycles. The topological polar surface area (TPSA) is 21.3 Å². The maximum absolute atomic E-state index is 13.6. The Morgan fingerprint density at radius 2 is 1.85 bits per heavy atom. The molecule has 0 spiro atoms. The zero-order valence-electron chi connectivity index (χ0n) is 11.7. The normalized spacial score (nSPS) is 12.1. The third-order valence-electron chi connectivity index (χ3n) is 3.15. The number of hydrogen-bond donors (Lipinski definition) is 1. The first kappa shape index (κ1) is 14.3. The smallest absolute Gasteiger partial charge is 0.146 e. The van der Waals surface area contributed by atoms with Gasteiger partial charge in [0.05, 0.1) is 18.8 Å². The maximum atomic E-state index is 13.6. The number of aryl methyl sites for hydroxylation is 1. The number of hydrogen-bond acceptors (Lipinski definition) is 2. The van der Waals surface area contributed by atoms with Crippen molar-refractivity contribution in [1.29, 1.82) is 0 Å². The van der Waals surface area contributed by atoms with Gasteiger partial charge < -0.3 is 10.1 Å². The second-order valence-electron chi connectivity index (χ2n) is 4.74. The Hall–Kier alpha value is -2.10. The van der Waals surface area contributed by atoms with E-state index >= 15 is 0 Å². The van der Waals surface area contributed by atoms with Crippen molar-refractivity contribution in [2.45, 2.75) is 19.9 Å². The highest BCUT2D eigenvalue weighted by Crippen LogP contribution is 2.29. The number of rotatable bonds is 4. The lowest BCUT2D eigenvalue weighted by Gasteiger charge is -2.19. The van der Waals surface area contributed by atoms with Crippen molar-refractivity contribution in [1.82, 2.24) is 0 Å². The minimum atomic E-state index is -0.482. The standard InChI is InChI=1S/C16H17F2NO/c1-10-4-7-16(20-3)13(8-10)11(2)19-15-9-12(17)5-6-14(15)18/h4-9,11,19H,1-3H3. The lowest BCUT2D eigenvalue weighted by atomic mass is 10.0. The van der Waals surface area contributed by atoms with E-state index in [2.05, 4.69) is 5.32 Å². The van der Waals surface area contributed by atoms with Gasteiger partial charge >= 0.3 is 0 Å². The van der Waals surface area contributed by atoms with Crippen LogP contribution in [-0.2, 0) is 0 Å². The van der Waals surface area contributed by atoms with E-state index in [-0.39, 0.29) is 11.7 Å². The van der Waals surface area contributed by atoms with Crippen molar-refractivity contribution in [2.75, 3.05) is 12.4 Å². The van der Waals surface area contributed by atoms with Crippen LogP contribution in [0.2, 0.25) is 0 Å². The lowest BCUT2D eigenvalue weighted by molar-refractivity contribution is 0.407. The summed E-state index contributed by atoms with van der Waals surface area (Å²) in [5.74, 6) is -0.241. The van der Waals surface area contributed by atoms with Gasteiger partial charge in [0.1, 0.15) is 17.4 Å². The van der Waals surface area contributed by atoms with Crippen molar-refractivity contribution in [3.8, 4) is 5.75 Å². The lowest BCUT2D eigenvalue weighted by Crippen LogP contribution is -2.10. The number of halogens is 2. The fourth-order valence-corrected chi connectivity index (χ4v) is 2.11. The van der Waals surface area contributed by atoms with E-state index in [0.29, 0.717) is 5.75 Å². The molecule has 1 N–H and O–H groups in total. The molecule has 20 heavy (non-hydrogen) atoms. The molecule has 0 radical (unpaired) electrons. The summed E-state index contributed by atoms with van der Waals surface area (Å²) in [6.45, 7) is 3.85. The molecular formula is C16H17F2NO. The minimum Gasteiger partial charge on any atom is -0.496 e. The Morgan fingerprint density at radius 3 is 2.55 bits per heavy atom. The van der Waals surface area contributed by atoms with E-state index in [9.17, 15) is 8.78 Å². The molecule has 0 bridgehead atoms. The number of anilines is 1. The van der Waals surface area contributed by atoms with E-state index in [4.69, 9.17) is 4.74 Å². The van der Waals surface area contributed by atoms with Gasteiger partial charge in [0.2, 0.25) is 0 Å². The Kier molecular flexibility index (Phi) is 4.23. The van der Waals surface area contributed by atoms with Crippen LogP contribution in [-0.4, -0.2) is 7.11 Å². The highest BCUT2D eigenvalue weighted by Gasteiger charge is 2.14. The van der Waals surface area contributed by atoms with Crippen molar-refractivity contribution in [3.05, 3.63) is 59.2 Å². The zero-order chi connectivity index (χ0) is 14.7. The highest BCUT2D eigenvalue weighted by molar-refractivity contribution is 5.49. The Morgan fingerprint density at radius 1 is 1.10 bits per heavy atom. The van der Waals surface area contributed by atoms with Crippen LogP contribution in [0.3, 0.4) is 0 Å². The van der Waals surface area contributed by atoms with Gasteiger partial charge in [-0.25, -0.2) is 8.78 Å². The van der Waals surface area contributed by atoms with Crippen LogP contribution < -0.4 is 10.1 Å². The fraction of sp³-hybridized carbons (Fsp3) is 0.250. The second-order valence-corrected chi connectivity index (χ2v) is 4.74. The summed E-state index contributed by atoms with van der Waals surface area (Å²) >= 11 is 0. The Bertz CT molecular complexity index is 613. The molecule has 0 aromatic heterocycles. The number of nitrogens with one attached hydrogen (secondary N) is 1. The van der Waals surface area contributed by atoms with Gasteiger partial charge in [-0.1, -0.05) is 17.7 Å². The molecule has 2 aromatic rings. The molecule has 0 fully saturated rings. The largest absolute Gasteiger partial charge is 0.496 e. The molecular weight excluding hydrogens is 260 g/mol. The van der Waals surface area contributed by atoms with Crippen LogP contribution in [0, 0.1) is 18.6 Å². The first-order valence-corrected chi connectivity index (χ1v) is 6.37. The van der Waals surface area contributed by atoms with Crippen LogP contribution in [0.15, 0.2) is 36.4 Å². The highest BCUT2D eigenvalue weighted by atomic mass is 19.1. The Balaban J connectivity index is 2.30. The fourth-order valence-electron chi connectivity index (χ4n) is 2.11. The van der Waals surface area contributed by atoms with Crippen LogP contribution in [0.25, 0.3) is 0 Å². The van der Waals surface area contributed by atoms with E-state index in [0.717, 1.165) is 29.3 Å². The number of benzene rings is 2. The average Bonchev–Trinajstić information content (AvgIpc) is 2.42. The van der Waals surface area contributed by atoms with Gasteiger partial charge in [0, 0.05) is 5.56 Å². The van der Waals surface area contributed by atoms with Gasteiger partial charge in [0.15, 0.2) is 0 Å². The van der Waals surface area contributed by atoms with Gasteiger partial charge in [-0.2, -0.15) is 0 Å². The van der Waals surface area contributed by atoms with E-state index in [1.165, 1.54) is 0 Å². The third-order valence-corrected chi connectivity index (χ3v) is 3.15. The molecule has 2 aromatic carbocycles. The number of ether oxygens (including phenoxy) is 1. The summed E-state index contributed by atoms with van der Waals surface area (Å²) in [7, 11) is 1.59. The summed E-state index contributed by atoms with van der Waals surface area (Å²) in [6.07, 6.45) is 0. The molecule has 0 aliphatic carbocycles. The molecule has 4 heteroatoms. The van der Waals surface area contributed by atoms with Gasteiger partial charge in [-0.05, 0) is 38.1 Å². The van der Waals surface area contributed by atoms with E-state index < -0.39 is 11.6 Å². The van der Waals surface area contributed by atoms with Crippen molar-refractivity contribution < 1.29 is 13.5 Å². The van der Waals surface area contributed by atoms with Crippen LogP contribution in [0.4, 0.5) is 14.5 Å². The molecule has 0 heterocycles. The van der Waals surface area contributed by atoms with Gasteiger partial charge in [-0.15, -0.1) is 0 Å². The second kappa shape index (κ2) is 5.90. The van der Waals surface area contributed by atoms with Crippen LogP contribution >= 0.6 is 0 Å². The SMILES string of the molecule is COc1ccc(C)cc1C(C)Nc1cc(F)ccc1F. The zero-order valence-corrected chi connectivity index (χ0v) is 11.7. The number of methoxy groups -OCH3 is 1. The minimum absolute atomic E-state index is 0.140. The molecule has 1 atom stereocenters. The first-order chi connectivity index (χ1) is 9.51. The predicted molar refractivity (Wildman–Crippen MR) is 76.1 cm³/mol. The van der Waals surface area contributed by atoms with Crippen LogP contribution in [0.5, 0.6) is 5.75 Å². The molecule has 0 saturated carbocycles. The Labute approximate surface area is 117 Å². The molecule has 2 nitrogen and oxygen atoms in total. The third kappa shape index (κ3) is 3.07. The molecule has 0 saturated heterocycles. The molecule has 0 amide bonds. The quantitative estimate of drug-likeness (QED) is 0.891. The first-order valence-electron chi connectivity index (χ1n) is 6.37. The van der Waals surface area contributed by atoms with Crippen LogP contribution in [0.1, 0.15) is 24.1 Å². The molecule has 1 unspecified atom stereocenters. The summed E-state index contributed by atoms with van der Waals surface area (Å²) in [5, 5.41) is 2.97. The maximum Gasteiger partial charge on any atom is 0.146 e. The molecule has 0 aliphatic rings. The summed E-state index contributed by atoms with van der Waals surface area (Å²) in [6, 6.07) is 8.92. The summed E-state index contributed by atoms with van der Waals surface area (Å²) in [5.41, 5.74) is 2.12. The molecule has 2 rings (SSSR count). The van der Waals surface area contributed by atoms with E-state index in [1.807, 2.05) is 32.0 Å².